The number of aryl methyl sites for hydroxylation is 2. The number of phenolic OH excluding ortho intramolecular Hbond substituents is 1. The zero-order valence-corrected chi connectivity index (χ0v) is 21.5. The number of phenols is 1. The quantitative estimate of drug-likeness (QED) is 0.310. The fraction of sp³-hybridized carbons (Fsp3) is 0.0625. The monoisotopic (exact) mass is 481 g/mol. The summed E-state index contributed by atoms with van der Waals surface area (Å²) in [4.78, 5) is 8.98. The van der Waals surface area contributed by atoms with Crippen molar-refractivity contribution < 1.29 is 5.11 Å². The Morgan fingerprint density at radius 3 is 1.81 bits per heavy atom. The lowest BCUT2D eigenvalue weighted by Gasteiger charge is -2.07. The molecule has 4 heteroatoms. The third kappa shape index (κ3) is 5.47. The van der Waals surface area contributed by atoms with Crippen molar-refractivity contribution in [1.29, 1.82) is 0 Å². The van der Waals surface area contributed by atoms with E-state index in [9.17, 15) is 5.11 Å². The van der Waals surface area contributed by atoms with E-state index in [1.807, 2.05) is 31.2 Å². The van der Waals surface area contributed by atoms with E-state index in [0.717, 1.165) is 22.3 Å². The van der Waals surface area contributed by atoms with Crippen molar-refractivity contribution in [2.24, 2.45) is 0 Å². The summed E-state index contributed by atoms with van der Waals surface area (Å²) in [5, 5.41) is 11.6. The third-order valence-corrected chi connectivity index (χ3v) is 7.56. The summed E-state index contributed by atoms with van der Waals surface area (Å²) in [5.41, 5.74) is 6.36. The van der Waals surface area contributed by atoms with Gasteiger partial charge in [0, 0.05) is 16.8 Å². The van der Waals surface area contributed by atoms with Gasteiger partial charge >= 0.3 is 15.2 Å². The van der Waals surface area contributed by atoms with Gasteiger partial charge < -0.3 is 5.11 Å². The van der Waals surface area contributed by atoms with E-state index in [-0.39, 0.29) is 21.0 Å². The number of aromatic hydroxyl groups is 1. The van der Waals surface area contributed by atoms with Gasteiger partial charge in [0.25, 0.3) is 0 Å². The molecule has 0 atom stereocenters. The summed E-state index contributed by atoms with van der Waals surface area (Å²) in [5.74, 6) is 0.246. The van der Waals surface area contributed by atoms with Crippen molar-refractivity contribution in [2.75, 3.05) is 0 Å². The molecule has 2 heterocycles. The third-order valence-electron chi connectivity index (χ3n) is 6.07. The minimum absolute atomic E-state index is 0.0441. The fourth-order valence-corrected chi connectivity index (χ4v) is 5.51. The van der Waals surface area contributed by atoms with Crippen LogP contribution in [0.2, 0.25) is 0 Å². The van der Waals surface area contributed by atoms with Crippen molar-refractivity contribution in [3.8, 4) is 16.9 Å². The van der Waals surface area contributed by atoms with E-state index in [4.69, 9.17) is 4.98 Å². The van der Waals surface area contributed by atoms with E-state index in [1.54, 1.807) is 6.07 Å². The number of benzene rings is 4. The molecule has 0 aliphatic heterocycles. The Morgan fingerprint density at radius 2 is 1.11 bits per heavy atom. The van der Waals surface area contributed by atoms with E-state index < -0.39 is 0 Å². The molecule has 1 radical (unpaired) electrons. The van der Waals surface area contributed by atoms with E-state index in [1.165, 1.54) is 25.4 Å². The molecule has 0 bridgehead atoms. The first-order chi connectivity index (χ1) is 17.6. The minimum Gasteiger partial charge on any atom is -0.506 e. The first kappa shape index (κ1) is 23.8. The molecule has 173 valence electrons. The molecular formula is C32H26AlN2O. The van der Waals surface area contributed by atoms with Gasteiger partial charge in [-0.2, -0.15) is 0 Å². The number of rotatable bonds is 3. The lowest BCUT2D eigenvalue weighted by Crippen LogP contribution is -2.28. The largest absolute Gasteiger partial charge is 0.506 e. The SMILES string of the molecule is Cc1ccc2ccc[c]([Al][c]3ccc(-c4ccccc4)cc3)c2n1.Cc1ccc2cccc(O)c2n1. The molecular weight excluding hydrogens is 455 g/mol. The van der Waals surface area contributed by atoms with Crippen molar-refractivity contribution in [3.05, 3.63) is 127 Å². The van der Waals surface area contributed by atoms with Crippen LogP contribution in [-0.2, 0) is 0 Å². The Kier molecular flexibility index (Phi) is 7.09. The molecule has 0 unspecified atom stereocenters. The normalized spacial score (nSPS) is 10.6. The van der Waals surface area contributed by atoms with Crippen LogP contribution in [0.3, 0.4) is 0 Å². The first-order valence-corrected chi connectivity index (χ1v) is 13.1. The molecule has 0 aliphatic carbocycles. The van der Waals surface area contributed by atoms with Crippen LogP contribution in [-0.4, -0.2) is 30.3 Å². The summed E-state index contributed by atoms with van der Waals surface area (Å²) in [6, 6.07) is 39.5. The van der Waals surface area contributed by atoms with Crippen LogP contribution in [0.5, 0.6) is 5.75 Å². The average molecular weight is 482 g/mol. The lowest BCUT2D eigenvalue weighted by atomic mass is 10.1. The maximum absolute atomic E-state index is 9.43. The highest BCUT2D eigenvalue weighted by molar-refractivity contribution is 6.69. The van der Waals surface area contributed by atoms with Crippen LogP contribution in [0.4, 0.5) is 0 Å². The van der Waals surface area contributed by atoms with Gasteiger partial charge in [-0.05, 0) is 48.6 Å². The molecule has 0 aliphatic rings. The Labute approximate surface area is 217 Å². The van der Waals surface area contributed by atoms with Gasteiger partial charge in [-0.3, -0.25) is 4.98 Å². The molecule has 6 rings (SSSR count). The maximum atomic E-state index is 9.43. The highest BCUT2D eigenvalue weighted by Gasteiger charge is 2.07. The van der Waals surface area contributed by atoms with Crippen LogP contribution in [0.1, 0.15) is 11.4 Å². The van der Waals surface area contributed by atoms with Crippen LogP contribution < -0.4 is 8.85 Å². The number of pyridine rings is 2. The van der Waals surface area contributed by atoms with Gasteiger partial charge in [0.05, 0.1) is 5.52 Å². The molecule has 0 amide bonds. The van der Waals surface area contributed by atoms with E-state index in [0.29, 0.717) is 5.52 Å². The Morgan fingerprint density at radius 1 is 0.528 bits per heavy atom. The van der Waals surface area contributed by atoms with Gasteiger partial charge in [0.2, 0.25) is 0 Å². The first-order valence-electron chi connectivity index (χ1n) is 12.0. The molecule has 36 heavy (non-hydrogen) atoms. The van der Waals surface area contributed by atoms with E-state index in [2.05, 4.69) is 96.8 Å². The highest BCUT2D eigenvalue weighted by Crippen LogP contribution is 2.22. The molecule has 0 fully saturated rings. The number of hydrogen-bond donors (Lipinski definition) is 1. The highest BCUT2D eigenvalue weighted by atomic mass is 27.1. The van der Waals surface area contributed by atoms with E-state index >= 15 is 0 Å². The lowest BCUT2D eigenvalue weighted by molar-refractivity contribution is 0.480. The van der Waals surface area contributed by atoms with Crippen LogP contribution >= 0.6 is 0 Å². The second-order valence-electron chi connectivity index (χ2n) is 8.81. The summed E-state index contributed by atoms with van der Waals surface area (Å²) in [6.45, 7) is 3.96. The van der Waals surface area contributed by atoms with Crippen molar-refractivity contribution >= 4 is 45.9 Å². The fourth-order valence-electron chi connectivity index (χ4n) is 4.19. The van der Waals surface area contributed by atoms with Crippen molar-refractivity contribution in [1.82, 2.24) is 9.97 Å². The molecule has 0 saturated carbocycles. The molecule has 0 spiro atoms. The number of aromatic nitrogens is 2. The van der Waals surface area contributed by atoms with Gasteiger partial charge in [0.1, 0.15) is 11.3 Å². The van der Waals surface area contributed by atoms with Crippen LogP contribution in [0.15, 0.2) is 115 Å². The zero-order chi connectivity index (χ0) is 24.9. The molecule has 2 aromatic heterocycles. The van der Waals surface area contributed by atoms with Gasteiger partial charge in [0.15, 0.2) is 0 Å². The second kappa shape index (κ2) is 10.7. The summed E-state index contributed by atoms with van der Waals surface area (Å²) in [7, 11) is 0. The smallest absolute Gasteiger partial charge is 0.302 e. The second-order valence-corrected chi connectivity index (χ2v) is 10.4. The summed E-state index contributed by atoms with van der Waals surface area (Å²) < 4.78 is 2.76. The van der Waals surface area contributed by atoms with Gasteiger partial charge in [-0.1, -0.05) is 101 Å². The van der Waals surface area contributed by atoms with Crippen molar-refractivity contribution in [3.63, 3.8) is 0 Å². The van der Waals surface area contributed by atoms with Gasteiger partial charge in [-0.15, -0.1) is 4.43 Å². The summed E-state index contributed by atoms with van der Waals surface area (Å²) >= 11 is 0.0441. The Balaban J connectivity index is 0.000000186. The number of nitrogens with zero attached hydrogens (tertiary/aromatic N) is 2. The zero-order valence-electron chi connectivity index (χ0n) is 20.4. The van der Waals surface area contributed by atoms with Crippen LogP contribution in [0, 0.1) is 13.8 Å². The summed E-state index contributed by atoms with van der Waals surface area (Å²) in [6.07, 6.45) is 0. The van der Waals surface area contributed by atoms with Gasteiger partial charge in [-0.25, -0.2) is 4.98 Å². The predicted molar refractivity (Wildman–Crippen MR) is 152 cm³/mol. The number of hydrogen-bond acceptors (Lipinski definition) is 3. The molecule has 0 saturated heterocycles. The topological polar surface area (TPSA) is 46.0 Å². The average Bonchev–Trinajstić information content (AvgIpc) is 2.91. The Bertz CT molecular complexity index is 1630. The minimum atomic E-state index is 0.0441. The number of fused-ring (bicyclic) bond motifs is 2. The predicted octanol–water partition coefficient (Wildman–Crippen LogP) is 6.11. The molecule has 6 aromatic rings. The molecule has 3 nitrogen and oxygen atoms in total. The molecule has 1 N–H and O–H groups in total. The maximum Gasteiger partial charge on any atom is 0.302 e. The van der Waals surface area contributed by atoms with Crippen LogP contribution in [0.25, 0.3) is 32.9 Å². The Hall–Kier alpha value is -3.97. The molecule has 4 aromatic carbocycles. The number of para-hydroxylation sites is 2. The van der Waals surface area contributed by atoms with Crippen molar-refractivity contribution in [2.45, 2.75) is 13.8 Å². The standard InChI is InChI=1S/C12H9.C10H9NO.C10H8N.Al/c1-3-7-11(8-4-1)12-9-5-2-6-10-12;1-7-5-6-8-3-2-4-9(12)10(8)11-7;1-8-6-7-9-4-2-3-5-10(9)11-8;/h1,3-10H;2-6,12H,1H3;2-4,6-7H,1H3;.